The average Bonchev–Trinajstić information content (AvgIpc) is 3.20. The Bertz CT molecular complexity index is 455. The van der Waals surface area contributed by atoms with Gasteiger partial charge in [-0.05, 0) is 60.9 Å². The SMILES string of the molecule is C[C@@H](NC=O)c1cc(SN)ccc1/C=C/C1CC1. The van der Waals surface area contributed by atoms with Crippen LogP contribution in [0.5, 0.6) is 0 Å². The number of rotatable bonds is 6. The van der Waals surface area contributed by atoms with E-state index in [1.807, 2.05) is 19.1 Å². The summed E-state index contributed by atoms with van der Waals surface area (Å²) in [4.78, 5) is 11.6. The monoisotopic (exact) mass is 262 g/mol. The highest BCUT2D eigenvalue weighted by molar-refractivity contribution is 7.97. The Morgan fingerprint density at radius 1 is 1.50 bits per heavy atom. The molecule has 0 radical (unpaired) electrons. The highest BCUT2D eigenvalue weighted by Gasteiger charge is 2.17. The van der Waals surface area contributed by atoms with Gasteiger partial charge in [0.2, 0.25) is 6.41 Å². The Balaban J connectivity index is 2.27. The molecule has 1 fully saturated rings. The van der Waals surface area contributed by atoms with Gasteiger partial charge in [0, 0.05) is 4.90 Å². The summed E-state index contributed by atoms with van der Waals surface area (Å²) >= 11 is 1.22. The molecular weight excluding hydrogens is 244 g/mol. The minimum atomic E-state index is -0.00606. The van der Waals surface area contributed by atoms with Gasteiger partial charge in [-0.25, -0.2) is 0 Å². The minimum Gasteiger partial charge on any atom is -0.352 e. The van der Waals surface area contributed by atoms with E-state index in [1.54, 1.807) is 0 Å². The van der Waals surface area contributed by atoms with Crippen LogP contribution in [0.25, 0.3) is 6.08 Å². The number of benzene rings is 1. The fourth-order valence-electron chi connectivity index (χ4n) is 1.87. The quantitative estimate of drug-likeness (QED) is 0.612. The van der Waals surface area contributed by atoms with Crippen LogP contribution in [0.15, 0.2) is 29.2 Å². The first-order chi connectivity index (χ1) is 8.74. The lowest BCUT2D eigenvalue weighted by Gasteiger charge is -2.15. The number of carbonyl (C=O) groups excluding carboxylic acids is 1. The molecule has 0 saturated heterocycles. The average molecular weight is 262 g/mol. The highest BCUT2D eigenvalue weighted by Crippen LogP contribution is 2.32. The van der Waals surface area contributed by atoms with E-state index in [2.05, 4.69) is 23.5 Å². The van der Waals surface area contributed by atoms with E-state index in [-0.39, 0.29) is 6.04 Å². The van der Waals surface area contributed by atoms with Crippen LogP contribution in [-0.4, -0.2) is 6.41 Å². The van der Waals surface area contributed by atoms with Gasteiger partial charge in [-0.3, -0.25) is 9.93 Å². The topological polar surface area (TPSA) is 55.1 Å². The number of amides is 1. The largest absolute Gasteiger partial charge is 0.352 e. The van der Waals surface area contributed by atoms with Crippen LogP contribution in [-0.2, 0) is 4.79 Å². The van der Waals surface area contributed by atoms with Crippen molar-refractivity contribution in [2.45, 2.75) is 30.7 Å². The van der Waals surface area contributed by atoms with Crippen molar-refractivity contribution in [3.63, 3.8) is 0 Å². The zero-order chi connectivity index (χ0) is 13.0. The summed E-state index contributed by atoms with van der Waals surface area (Å²) in [6.07, 6.45) is 7.74. The predicted octanol–water partition coefficient (Wildman–Crippen LogP) is 2.88. The van der Waals surface area contributed by atoms with Crippen LogP contribution in [0.4, 0.5) is 0 Å². The fourth-order valence-corrected chi connectivity index (χ4v) is 2.21. The molecule has 2 rings (SSSR count). The molecule has 0 bridgehead atoms. The van der Waals surface area contributed by atoms with Gasteiger partial charge in [0.1, 0.15) is 0 Å². The molecule has 1 aliphatic carbocycles. The van der Waals surface area contributed by atoms with Crippen LogP contribution in [0, 0.1) is 5.92 Å². The Morgan fingerprint density at radius 3 is 2.89 bits per heavy atom. The van der Waals surface area contributed by atoms with E-state index in [0.717, 1.165) is 28.4 Å². The van der Waals surface area contributed by atoms with Gasteiger partial charge < -0.3 is 5.32 Å². The summed E-state index contributed by atoms with van der Waals surface area (Å²) in [6.45, 7) is 1.98. The van der Waals surface area contributed by atoms with Gasteiger partial charge in [-0.15, -0.1) is 0 Å². The number of hydrogen-bond donors (Lipinski definition) is 2. The van der Waals surface area contributed by atoms with E-state index in [0.29, 0.717) is 0 Å². The van der Waals surface area contributed by atoms with Crippen LogP contribution >= 0.6 is 11.9 Å². The third kappa shape index (κ3) is 3.37. The van der Waals surface area contributed by atoms with E-state index >= 15 is 0 Å². The maximum absolute atomic E-state index is 10.6. The molecule has 0 unspecified atom stereocenters. The Kier molecular flexibility index (Phi) is 4.44. The van der Waals surface area contributed by atoms with Gasteiger partial charge in [0.25, 0.3) is 0 Å². The fraction of sp³-hybridized carbons (Fsp3) is 0.357. The predicted molar refractivity (Wildman–Crippen MR) is 75.9 cm³/mol. The summed E-state index contributed by atoms with van der Waals surface area (Å²) in [5, 5.41) is 8.38. The van der Waals surface area contributed by atoms with Gasteiger partial charge >= 0.3 is 0 Å². The first-order valence-corrected chi connectivity index (χ1v) is 7.01. The molecule has 3 N–H and O–H groups in total. The number of hydrogen-bond acceptors (Lipinski definition) is 3. The van der Waals surface area contributed by atoms with Gasteiger partial charge in [0.05, 0.1) is 6.04 Å². The molecule has 18 heavy (non-hydrogen) atoms. The third-order valence-corrected chi connectivity index (χ3v) is 3.67. The second-order valence-corrected chi connectivity index (χ2v) is 5.32. The van der Waals surface area contributed by atoms with E-state index in [1.165, 1.54) is 24.8 Å². The third-order valence-electron chi connectivity index (χ3n) is 3.15. The lowest BCUT2D eigenvalue weighted by atomic mass is 10.0. The number of nitrogens with two attached hydrogens (primary N) is 1. The number of nitrogens with one attached hydrogen (secondary N) is 1. The van der Waals surface area contributed by atoms with Crippen molar-refractivity contribution in [3.8, 4) is 0 Å². The molecule has 0 spiro atoms. The summed E-state index contributed by atoms with van der Waals surface area (Å²) in [6, 6.07) is 6.10. The maximum atomic E-state index is 10.6. The van der Waals surface area contributed by atoms with Crippen molar-refractivity contribution >= 4 is 24.4 Å². The van der Waals surface area contributed by atoms with Crippen LogP contribution < -0.4 is 10.5 Å². The van der Waals surface area contributed by atoms with Crippen molar-refractivity contribution in [2.75, 3.05) is 0 Å². The van der Waals surface area contributed by atoms with Crippen molar-refractivity contribution in [3.05, 3.63) is 35.4 Å². The van der Waals surface area contributed by atoms with E-state index in [9.17, 15) is 4.79 Å². The zero-order valence-corrected chi connectivity index (χ0v) is 11.2. The van der Waals surface area contributed by atoms with E-state index < -0.39 is 0 Å². The molecule has 3 nitrogen and oxygen atoms in total. The molecule has 1 saturated carbocycles. The summed E-state index contributed by atoms with van der Waals surface area (Å²) in [5.74, 6) is 0.746. The lowest BCUT2D eigenvalue weighted by molar-refractivity contribution is -0.110. The van der Waals surface area contributed by atoms with Crippen molar-refractivity contribution in [1.82, 2.24) is 5.32 Å². The molecule has 0 aliphatic heterocycles. The first-order valence-electron chi connectivity index (χ1n) is 6.13. The van der Waals surface area contributed by atoms with Gasteiger partial charge in [-0.2, -0.15) is 0 Å². The number of carbonyl (C=O) groups is 1. The lowest BCUT2D eigenvalue weighted by Crippen LogP contribution is -2.17. The molecular formula is C14H18N2OS. The molecule has 0 aromatic heterocycles. The Morgan fingerprint density at radius 2 is 2.28 bits per heavy atom. The van der Waals surface area contributed by atoms with Crippen LogP contribution in [0.3, 0.4) is 0 Å². The van der Waals surface area contributed by atoms with Crippen molar-refractivity contribution < 1.29 is 4.79 Å². The standard InChI is InChI=1S/C14H18N2OS/c1-10(16-9-17)14-8-13(18-15)7-6-12(14)5-4-11-2-3-11/h4-11H,2-3,15H2,1H3,(H,16,17)/b5-4+/t10-/m1/s1. The molecule has 1 aromatic carbocycles. The highest BCUT2D eigenvalue weighted by atomic mass is 32.2. The number of allylic oxidation sites excluding steroid dienone is 1. The molecule has 1 atom stereocenters. The Labute approximate surface area is 112 Å². The molecule has 4 heteroatoms. The molecule has 1 amide bonds. The summed E-state index contributed by atoms with van der Waals surface area (Å²) in [7, 11) is 0. The zero-order valence-electron chi connectivity index (χ0n) is 10.4. The summed E-state index contributed by atoms with van der Waals surface area (Å²) in [5.41, 5.74) is 2.26. The summed E-state index contributed by atoms with van der Waals surface area (Å²) < 4.78 is 0. The molecule has 1 aromatic rings. The second-order valence-electron chi connectivity index (χ2n) is 4.61. The van der Waals surface area contributed by atoms with Crippen LogP contribution in [0.1, 0.15) is 36.9 Å². The van der Waals surface area contributed by atoms with Gasteiger partial charge in [-0.1, -0.05) is 18.2 Å². The second kappa shape index (κ2) is 6.07. The smallest absolute Gasteiger partial charge is 0.207 e. The molecule has 0 heterocycles. The van der Waals surface area contributed by atoms with Crippen molar-refractivity contribution in [1.29, 1.82) is 0 Å². The van der Waals surface area contributed by atoms with E-state index in [4.69, 9.17) is 5.14 Å². The van der Waals surface area contributed by atoms with Crippen molar-refractivity contribution in [2.24, 2.45) is 11.1 Å². The molecule has 1 aliphatic rings. The molecule has 96 valence electrons. The normalized spacial score (nSPS) is 16.8. The minimum absolute atomic E-state index is 0.00606. The Hall–Kier alpha value is -1.26. The van der Waals surface area contributed by atoms with Gasteiger partial charge in [0.15, 0.2) is 0 Å². The first kappa shape index (κ1) is 13.2. The van der Waals surface area contributed by atoms with Crippen LogP contribution in [0.2, 0.25) is 0 Å². The maximum Gasteiger partial charge on any atom is 0.207 e.